The molecule has 0 bridgehead atoms. The molecular weight excluding hydrogens is 667 g/mol. The lowest BCUT2D eigenvalue weighted by Crippen LogP contribution is -2.35. The van der Waals surface area contributed by atoms with Crippen LogP contribution in [-0.4, -0.2) is 60.3 Å². The second kappa shape index (κ2) is 21.5. The van der Waals surface area contributed by atoms with E-state index in [0.29, 0.717) is 62.9 Å². The zero-order chi connectivity index (χ0) is 36.9. The third-order valence-corrected chi connectivity index (χ3v) is 7.16. The van der Waals surface area contributed by atoms with Crippen LogP contribution in [0.15, 0.2) is 109 Å². The Bertz CT molecular complexity index is 1630. The van der Waals surface area contributed by atoms with E-state index >= 15 is 0 Å². The maximum atomic E-state index is 13.1. The Kier molecular flexibility index (Phi) is 16.8. The minimum atomic E-state index is -5.08. The Morgan fingerprint density at radius 2 is 1.18 bits per heavy atom. The van der Waals surface area contributed by atoms with Gasteiger partial charge in [0.25, 0.3) is 5.91 Å². The van der Waals surface area contributed by atoms with Crippen LogP contribution in [0.3, 0.4) is 0 Å². The van der Waals surface area contributed by atoms with Crippen molar-refractivity contribution in [2.24, 2.45) is 5.73 Å². The number of ether oxygens (including phenoxy) is 3. The largest absolute Gasteiger partial charge is 0.490 e. The first-order chi connectivity index (χ1) is 24.6. The number of nitrogens with one attached hydrogen (secondary N) is 1. The van der Waals surface area contributed by atoms with Crippen molar-refractivity contribution in [1.29, 1.82) is 0 Å². The highest BCUT2D eigenvalue weighted by atomic mass is 19.4. The molecule has 0 spiro atoms. The van der Waals surface area contributed by atoms with E-state index in [2.05, 4.69) is 5.32 Å². The molecule has 51 heavy (non-hydrogen) atoms. The average Bonchev–Trinajstić information content (AvgIpc) is 3.14. The number of rotatable bonds is 17. The van der Waals surface area contributed by atoms with Gasteiger partial charge in [-0.25, -0.2) is 9.59 Å². The van der Waals surface area contributed by atoms with Crippen LogP contribution < -0.4 is 20.5 Å². The molecule has 0 heterocycles. The fourth-order valence-electron chi connectivity index (χ4n) is 4.48. The van der Waals surface area contributed by atoms with E-state index in [-0.39, 0.29) is 18.6 Å². The summed E-state index contributed by atoms with van der Waals surface area (Å²) in [4.78, 5) is 36.5. The van der Waals surface area contributed by atoms with Gasteiger partial charge in [-0.2, -0.15) is 13.2 Å². The van der Waals surface area contributed by atoms with E-state index in [0.717, 1.165) is 29.5 Å². The molecule has 0 aliphatic heterocycles. The molecule has 0 aliphatic carbocycles. The minimum Gasteiger partial charge on any atom is -0.485 e. The molecule has 0 aliphatic rings. The Balaban J connectivity index is 0.000000908. The van der Waals surface area contributed by atoms with Crippen molar-refractivity contribution in [2.45, 2.75) is 45.3 Å². The van der Waals surface area contributed by atoms with Crippen LogP contribution in [-0.2, 0) is 29.4 Å². The SMILES string of the molecule is NCCCCN(CCCNC(=O)c1ccc(OCc2ccccc2)c(OCc2ccccc2)c1)C(=O)OCc1ccccc1.O=C(O)C(F)(F)F. The Labute approximate surface area is 294 Å². The predicted octanol–water partition coefficient (Wildman–Crippen LogP) is 6.98. The number of nitrogens with zero attached hydrogens (tertiary/aromatic N) is 1. The van der Waals surface area contributed by atoms with E-state index in [1.54, 1.807) is 23.1 Å². The maximum absolute atomic E-state index is 13.1. The summed E-state index contributed by atoms with van der Waals surface area (Å²) in [7, 11) is 0. The van der Waals surface area contributed by atoms with Crippen LogP contribution in [0.25, 0.3) is 0 Å². The second-order valence-electron chi connectivity index (χ2n) is 11.1. The predicted molar refractivity (Wildman–Crippen MR) is 185 cm³/mol. The van der Waals surface area contributed by atoms with Crippen LogP contribution in [0.2, 0.25) is 0 Å². The summed E-state index contributed by atoms with van der Waals surface area (Å²) in [6.45, 7) is 2.89. The minimum absolute atomic E-state index is 0.212. The first kappa shape index (κ1) is 39.9. The monoisotopic (exact) mass is 709 g/mol. The van der Waals surface area contributed by atoms with Gasteiger partial charge in [0.1, 0.15) is 19.8 Å². The topological polar surface area (TPSA) is 140 Å². The van der Waals surface area contributed by atoms with Crippen molar-refractivity contribution in [1.82, 2.24) is 10.2 Å². The third kappa shape index (κ3) is 15.3. The number of carboxylic acids is 1. The number of halogens is 3. The number of benzene rings is 4. The standard InChI is InChI=1S/C36H41N3O5.C2HF3O2/c37-21-10-11-23-39(36(41)44-28-31-17-8-3-9-18-31)24-12-22-38-35(40)32-19-20-33(42-26-29-13-4-1-5-14-29)34(25-32)43-27-30-15-6-2-7-16-30;3-2(4,5)1(6)7/h1-9,13-20,25H,10-12,21-24,26-28,37H2,(H,38,40);(H,6,7). The van der Waals surface area contributed by atoms with Gasteiger partial charge >= 0.3 is 18.2 Å². The number of alkyl halides is 3. The van der Waals surface area contributed by atoms with Crippen molar-refractivity contribution in [2.75, 3.05) is 26.2 Å². The number of unbranched alkanes of at least 4 members (excludes halogenated alkanes) is 1. The van der Waals surface area contributed by atoms with Crippen molar-refractivity contribution in [3.05, 3.63) is 131 Å². The van der Waals surface area contributed by atoms with E-state index in [1.807, 2.05) is 91.0 Å². The number of nitrogens with two attached hydrogens (primary N) is 1. The summed E-state index contributed by atoms with van der Waals surface area (Å²) in [5.41, 5.74) is 9.08. The van der Waals surface area contributed by atoms with Gasteiger partial charge in [0.15, 0.2) is 11.5 Å². The van der Waals surface area contributed by atoms with Gasteiger partial charge in [-0.05, 0) is 60.7 Å². The normalized spacial score (nSPS) is 10.7. The third-order valence-electron chi connectivity index (χ3n) is 7.16. The Morgan fingerprint density at radius 1 is 0.686 bits per heavy atom. The van der Waals surface area contributed by atoms with E-state index in [9.17, 15) is 22.8 Å². The Morgan fingerprint density at radius 3 is 1.69 bits per heavy atom. The van der Waals surface area contributed by atoms with Crippen LogP contribution in [0.5, 0.6) is 11.5 Å². The molecule has 0 aromatic heterocycles. The number of carboxylic acid groups (broad SMARTS) is 1. The van der Waals surface area contributed by atoms with E-state index in [1.165, 1.54) is 0 Å². The van der Waals surface area contributed by atoms with Crippen LogP contribution in [0.4, 0.5) is 18.0 Å². The molecule has 0 saturated heterocycles. The van der Waals surface area contributed by atoms with Gasteiger partial charge in [0.05, 0.1) is 0 Å². The fourth-order valence-corrected chi connectivity index (χ4v) is 4.48. The summed E-state index contributed by atoms with van der Waals surface area (Å²) < 4.78 is 49.5. The number of carbonyl (C=O) groups excluding carboxylic acids is 2. The zero-order valence-corrected chi connectivity index (χ0v) is 28.0. The summed E-state index contributed by atoms with van der Waals surface area (Å²) in [5.74, 6) is -1.94. The zero-order valence-electron chi connectivity index (χ0n) is 28.0. The molecule has 13 heteroatoms. The molecule has 0 radical (unpaired) electrons. The van der Waals surface area contributed by atoms with Gasteiger partial charge in [0.2, 0.25) is 0 Å². The molecule has 2 amide bonds. The molecule has 0 fully saturated rings. The molecule has 4 N–H and O–H groups in total. The molecule has 0 atom stereocenters. The highest BCUT2D eigenvalue weighted by Crippen LogP contribution is 2.30. The Hall–Kier alpha value is -5.56. The maximum Gasteiger partial charge on any atom is 0.490 e. The summed E-state index contributed by atoms with van der Waals surface area (Å²) >= 11 is 0. The van der Waals surface area contributed by atoms with Crippen molar-refractivity contribution in [3.63, 3.8) is 0 Å². The second-order valence-corrected chi connectivity index (χ2v) is 11.1. The van der Waals surface area contributed by atoms with E-state index < -0.39 is 12.1 Å². The first-order valence-electron chi connectivity index (χ1n) is 16.3. The van der Waals surface area contributed by atoms with Gasteiger partial charge in [-0.1, -0.05) is 91.0 Å². The lowest BCUT2D eigenvalue weighted by atomic mass is 10.1. The van der Waals surface area contributed by atoms with Crippen LogP contribution in [0, 0.1) is 0 Å². The molecule has 0 unspecified atom stereocenters. The smallest absolute Gasteiger partial charge is 0.485 e. The highest BCUT2D eigenvalue weighted by molar-refractivity contribution is 5.94. The van der Waals surface area contributed by atoms with Crippen molar-refractivity contribution < 1.29 is 46.9 Å². The number of amides is 2. The molecular formula is C38H42F3N3O7. The summed E-state index contributed by atoms with van der Waals surface area (Å²) in [6, 6.07) is 34.5. The van der Waals surface area contributed by atoms with Crippen molar-refractivity contribution in [3.8, 4) is 11.5 Å². The molecule has 4 aromatic rings. The number of aliphatic carboxylic acids is 1. The summed E-state index contributed by atoms with van der Waals surface area (Å²) in [6.07, 6.45) is -3.28. The van der Waals surface area contributed by atoms with E-state index in [4.69, 9.17) is 29.8 Å². The van der Waals surface area contributed by atoms with Gasteiger partial charge in [-0.15, -0.1) is 0 Å². The van der Waals surface area contributed by atoms with Gasteiger partial charge in [0, 0.05) is 25.2 Å². The fraction of sp³-hybridized carbons (Fsp3) is 0.289. The van der Waals surface area contributed by atoms with Gasteiger partial charge in [-0.3, -0.25) is 4.79 Å². The summed E-state index contributed by atoms with van der Waals surface area (Å²) in [5, 5.41) is 10.1. The highest BCUT2D eigenvalue weighted by Gasteiger charge is 2.38. The van der Waals surface area contributed by atoms with Crippen LogP contribution >= 0.6 is 0 Å². The molecule has 4 aromatic carbocycles. The van der Waals surface area contributed by atoms with Crippen LogP contribution in [0.1, 0.15) is 46.3 Å². The lowest BCUT2D eigenvalue weighted by molar-refractivity contribution is -0.192. The quantitative estimate of drug-likeness (QED) is 0.0999. The first-order valence-corrected chi connectivity index (χ1v) is 16.3. The lowest BCUT2D eigenvalue weighted by Gasteiger charge is -2.22. The number of carbonyl (C=O) groups is 3. The molecule has 10 nitrogen and oxygen atoms in total. The number of hydrogen-bond donors (Lipinski definition) is 3. The average molecular weight is 710 g/mol. The molecule has 4 rings (SSSR count). The van der Waals surface area contributed by atoms with Gasteiger partial charge < -0.3 is 35.3 Å². The number of hydrogen-bond acceptors (Lipinski definition) is 7. The molecule has 272 valence electrons. The molecule has 0 saturated carbocycles. The van der Waals surface area contributed by atoms with Crippen molar-refractivity contribution >= 4 is 18.0 Å².